The normalized spacial score (nSPS) is 12.8. The third-order valence-electron chi connectivity index (χ3n) is 3.18. The molecule has 1 amide bonds. The molecule has 0 aliphatic heterocycles. The lowest BCUT2D eigenvalue weighted by Crippen LogP contribution is -2.30. The highest BCUT2D eigenvalue weighted by Gasteiger charge is 2.22. The second-order valence-electron chi connectivity index (χ2n) is 4.73. The van der Waals surface area contributed by atoms with Crippen LogP contribution in [0.25, 0.3) is 0 Å². The fourth-order valence-electron chi connectivity index (χ4n) is 2.05. The van der Waals surface area contributed by atoms with Crippen molar-refractivity contribution in [3.63, 3.8) is 0 Å². The third-order valence-corrected chi connectivity index (χ3v) is 4.54. The molecular formula is C14H16ClFN4OS. The number of hydrazone groups is 1. The van der Waals surface area contributed by atoms with E-state index in [1.165, 1.54) is 12.3 Å². The maximum absolute atomic E-state index is 12.8. The summed E-state index contributed by atoms with van der Waals surface area (Å²) < 4.78 is 14.5. The van der Waals surface area contributed by atoms with E-state index in [4.69, 9.17) is 11.6 Å². The summed E-state index contributed by atoms with van der Waals surface area (Å²) in [5, 5.41) is 8.41. The first kappa shape index (κ1) is 16.6. The van der Waals surface area contributed by atoms with E-state index >= 15 is 0 Å². The van der Waals surface area contributed by atoms with Gasteiger partial charge in [-0.2, -0.15) is 14.6 Å². The van der Waals surface area contributed by atoms with Gasteiger partial charge in [-0.25, -0.2) is 5.43 Å². The quantitative estimate of drug-likeness (QED) is 0.668. The van der Waals surface area contributed by atoms with E-state index in [2.05, 4.69) is 15.6 Å². The zero-order valence-electron chi connectivity index (χ0n) is 12.4. The van der Waals surface area contributed by atoms with E-state index < -0.39 is 6.04 Å². The highest BCUT2D eigenvalue weighted by Crippen LogP contribution is 2.23. The van der Waals surface area contributed by atoms with E-state index in [1.807, 2.05) is 13.8 Å². The first-order chi connectivity index (χ1) is 10.4. The van der Waals surface area contributed by atoms with Crippen LogP contribution in [0.4, 0.5) is 4.39 Å². The first-order valence-corrected chi connectivity index (χ1v) is 7.93. The lowest BCUT2D eigenvalue weighted by atomic mass is 10.2. The van der Waals surface area contributed by atoms with Gasteiger partial charge in [-0.15, -0.1) is 11.3 Å². The molecule has 2 aromatic rings. The number of rotatable bonds is 5. The molecule has 2 aromatic heterocycles. The highest BCUT2D eigenvalue weighted by atomic mass is 35.5. The number of aryl methyl sites for hydroxylation is 1. The number of carbonyl (C=O) groups is 1. The minimum absolute atomic E-state index is 0.293. The van der Waals surface area contributed by atoms with Gasteiger partial charge in [-0.3, -0.25) is 9.48 Å². The third kappa shape index (κ3) is 3.53. The van der Waals surface area contributed by atoms with Crippen LogP contribution >= 0.6 is 22.9 Å². The molecule has 0 bridgehead atoms. The minimum atomic E-state index is -0.497. The van der Waals surface area contributed by atoms with Crippen LogP contribution in [-0.2, 0) is 4.79 Å². The van der Waals surface area contributed by atoms with Crippen LogP contribution < -0.4 is 5.43 Å². The zero-order valence-corrected chi connectivity index (χ0v) is 14.0. The molecule has 2 heterocycles. The number of hydrogen-bond acceptors (Lipinski definition) is 4. The van der Waals surface area contributed by atoms with Gasteiger partial charge < -0.3 is 0 Å². The lowest BCUT2D eigenvalue weighted by molar-refractivity contribution is -0.124. The van der Waals surface area contributed by atoms with E-state index in [0.717, 1.165) is 17.0 Å². The molecule has 0 aliphatic rings. The molecule has 2 rings (SSSR count). The van der Waals surface area contributed by atoms with E-state index in [1.54, 1.807) is 17.7 Å². The molecule has 118 valence electrons. The Kier molecular flexibility index (Phi) is 5.31. The van der Waals surface area contributed by atoms with Gasteiger partial charge >= 0.3 is 0 Å². The molecule has 0 saturated heterocycles. The topological polar surface area (TPSA) is 59.3 Å². The molecule has 8 heteroatoms. The number of aromatic nitrogens is 2. The SMILES string of the molecule is CC[C@@H](C(=O)N/N=C\c1ccc(F)s1)n1nc(C)c(Cl)c1C. The predicted molar refractivity (Wildman–Crippen MR) is 86.1 cm³/mol. The maximum atomic E-state index is 12.8. The van der Waals surface area contributed by atoms with Crippen LogP contribution in [0.3, 0.4) is 0 Å². The molecule has 1 atom stereocenters. The van der Waals surface area contributed by atoms with Crippen molar-refractivity contribution in [2.75, 3.05) is 0 Å². The van der Waals surface area contributed by atoms with Gasteiger partial charge in [0.25, 0.3) is 5.91 Å². The lowest BCUT2D eigenvalue weighted by Gasteiger charge is -2.15. The second-order valence-corrected chi connectivity index (χ2v) is 6.17. The Morgan fingerprint density at radius 3 is 2.82 bits per heavy atom. The fraction of sp³-hybridized carbons (Fsp3) is 0.357. The van der Waals surface area contributed by atoms with Crippen molar-refractivity contribution in [3.05, 3.63) is 38.6 Å². The van der Waals surface area contributed by atoms with Gasteiger partial charge in [0.1, 0.15) is 6.04 Å². The Balaban J connectivity index is 2.09. The second kappa shape index (κ2) is 7.02. The molecular weight excluding hydrogens is 327 g/mol. The zero-order chi connectivity index (χ0) is 16.3. The Labute approximate surface area is 136 Å². The molecule has 0 fully saturated rings. The molecule has 0 saturated carbocycles. The number of nitrogens with one attached hydrogen (secondary N) is 1. The molecule has 0 unspecified atom stereocenters. The Morgan fingerprint density at radius 1 is 1.59 bits per heavy atom. The van der Waals surface area contributed by atoms with E-state index in [-0.39, 0.29) is 11.0 Å². The van der Waals surface area contributed by atoms with Gasteiger partial charge in [-0.1, -0.05) is 18.5 Å². The minimum Gasteiger partial charge on any atom is -0.271 e. The largest absolute Gasteiger partial charge is 0.271 e. The summed E-state index contributed by atoms with van der Waals surface area (Å²) in [5.74, 6) is -0.293. The van der Waals surface area contributed by atoms with Gasteiger partial charge in [0.05, 0.1) is 27.5 Å². The first-order valence-electron chi connectivity index (χ1n) is 6.73. The highest BCUT2D eigenvalue weighted by molar-refractivity contribution is 7.12. The molecule has 0 aromatic carbocycles. The predicted octanol–water partition coefficient (Wildman–Crippen LogP) is 3.46. The number of thiophene rings is 1. The number of amides is 1. The van der Waals surface area contributed by atoms with E-state index in [0.29, 0.717) is 22.0 Å². The van der Waals surface area contributed by atoms with Crippen molar-refractivity contribution in [2.24, 2.45) is 5.10 Å². The van der Waals surface area contributed by atoms with Gasteiger partial charge in [0.15, 0.2) is 5.13 Å². The molecule has 1 N–H and O–H groups in total. The molecule has 0 aliphatic carbocycles. The summed E-state index contributed by atoms with van der Waals surface area (Å²) in [4.78, 5) is 12.9. The van der Waals surface area contributed by atoms with Crippen molar-refractivity contribution in [1.29, 1.82) is 0 Å². The Bertz CT molecular complexity index is 710. The molecule has 0 spiro atoms. The molecule has 0 radical (unpaired) electrons. The average molecular weight is 343 g/mol. The van der Waals surface area contributed by atoms with Crippen LogP contribution in [0.2, 0.25) is 5.02 Å². The maximum Gasteiger partial charge on any atom is 0.264 e. The summed E-state index contributed by atoms with van der Waals surface area (Å²) in [6.45, 7) is 5.49. The molecule has 22 heavy (non-hydrogen) atoms. The van der Waals surface area contributed by atoms with Gasteiger partial charge in [0, 0.05) is 0 Å². The van der Waals surface area contributed by atoms with Crippen LogP contribution in [-0.4, -0.2) is 21.9 Å². The van der Waals surface area contributed by atoms with Crippen LogP contribution in [0.1, 0.15) is 35.7 Å². The summed E-state index contributed by atoms with van der Waals surface area (Å²) in [7, 11) is 0. The standard InChI is InChI=1S/C14H16ClFN4OS/c1-4-11(20-9(3)13(15)8(2)19-20)14(21)18-17-7-10-5-6-12(16)22-10/h5-7,11H,4H2,1-3H3,(H,18,21)/b17-7-/t11-/m0/s1. The summed E-state index contributed by atoms with van der Waals surface area (Å²) in [6, 6.07) is 2.44. The van der Waals surface area contributed by atoms with Crippen LogP contribution in [0.15, 0.2) is 17.2 Å². The summed E-state index contributed by atoms with van der Waals surface area (Å²) in [5.41, 5.74) is 3.88. The number of nitrogens with zero attached hydrogens (tertiary/aromatic N) is 3. The van der Waals surface area contributed by atoms with Crippen LogP contribution in [0.5, 0.6) is 0 Å². The van der Waals surface area contributed by atoms with Crippen molar-refractivity contribution in [2.45, 2.75) is 33.2 Å². The Morgan fingerprint density at radius 2 is 2.32 bits per heavy atom. The number of carbonyl (C=O) groups excluding carboxylic acids is 1. The van der Waals surface area contributed by atoms with Crippen LogP contribution in [0, 0.1) is 19.0 Å². The monoisotopic (exact) mass is 342 g/mol. The van der Waals surface area contributed by atoms with Gasteiger partial charge in [0.2, 0.25) is 0 Å². The smallest absolute Gasteiger partial charge is 0.264 e. The fourth-order valence-corrected chi connectivity index (χ4v) is 2.77. The number of hydrogen-bond donors (Lipinski definition) is 1. The van der Waals surface area contributed by atoms with Crippen molar-refractivity contribution < 1.29 is 9.18 Å². The average Bonchev–Trinajstić information content (AvgIpc) is 3.00. The van der Waals surface area contributed by atoms with Crippen molar-refractivity contribution in [3.8, 4) is 0 Å². The van der Waals surface area contributed by atoms with E-state index in [9.17, 15) is 9.18 Å². The number of halogens is 2. The summed E-state index contributed by atoms with van der Waals surface area (Å²) in [6.07, 6.45) is 1.96. The Hall–Kier alpha value is -1.73. The molecule has 5 nitrogen and oxygen atoms in total. The van der Waals surface area contributed by atoms with Gasteiger partial charge in [-0.05, 0) is 32.4 Å². The summed E-state index contributed by atoms with van der Waals surface area (Å²) >= 11 is 7.07. The van der Waals surface area contributed by atoms with Crippen molar-refractivity contribution in [1.82, 2.24) is 15.2 Å². The van der Waals surface area contributed by atoms with Crippen molar-refractivity contribution >= 4 is 35.1 Å².